The summed E-state index contributed by atoms with van der Waals surface area (Å²) < 4.78 is 31.1. The van der Waals surface area contributed by atoms with E-state index in [4.69, 9.17) is 23.2 Å². The van der Waals surface area contributed by atoms with Crippen molar-refractivity contribution in [1.29, 1.82) is 0 Å². The van der Waals surface area contributed by atoms with E-state index in [9.17, 15) is 18.3 Å². The van der Waals surface area contributed by atoms with Crippen molar-refractivity contribution in [2.45, 2.75) is 38.6 Å². The maximum Gasteiger partial charge on any atom is 0.328 e. The molecule has 5 rings (SSSR count). The molecule has 0 aliphatic rings. The fourth-order valence-corrected chi connectivity index (χ4v) is 7.41. The average Bonchev–Trinajstić information content (AvgIpc) is 3.28. The molecule has 0 radical (unpaired) electrons. The van der Waals surface area contributed by atoms with Crippen molar-refractivity contribution >= 4 is 66.7 Å². The molecule has 0 aliphatic carbocycles. The lowest BCUT2D eigenvalue weighted by Gasteiger charge is -2.37. The number of fused-ring (bicyclic) bond motifs is 2. The van der Waals surface area contributed by atoms with E-state index in [0.29, 0.717) is 0 Å². The highest BCUT2D eigenvalue weighted by Crippen LogP contribution is 2.37. The molecule has 1 unspecified atom stereocenters. The van der Waals surface area contributed by atoms with Crippen LogP contribution in [0.2, 0.25) is 10.0 Å². The van der Waals surface area contributed by atoms with Gasteiger partial charge in [0.25, 0.3) is 10.0 Å². The zero-order valence-corrected chi connectivity index (χ0v) is 24.6. The summed E-state index contributed by atoms with van der Waals surface area (Å²) in [6.07, 6.45) is 1.89. The van der Waals surface area contributed by atoms with E-state index >= 15 is 0 Å². The number of anilines is 1. The Bertz CT molecular complexity index is 1870. The van der Waals surface area contributed by atoms with Crippen molar-refractivity contribution in [1.82, 2.24) is 9.55 Å². The first-order chi connectivity index (χ1) is 18.8. The largest absolute Gasteiger partial charge is 0.480 e. The van der Waals surface area contributed by atoms with Crippen LogP contribution in [0.5, 0.6) is 0 Å². The van der Waals surface area contributed by atoms with Crippen LogP contribution < -0.4 is 4.31 Å². The van der Waals surface area contributed by atoms with Gasteiger partial charge in [-0.05, 0) is 79.1 Å². The smallest absolute Gasteiger partial charge is 0.328 e. The maximum absolute atomic E-state index is 14.1. The SMILES string of the molecule is Cc1ccc2cc(-n3ccc4cc(N(C(C(=O)O)C(C)(C)C)S(=O)(=O)c5cc(Cl)cc(Cl)c5)ccc43)ccc2n1. The molecule has 0 fully saturated rings. The lowest BCUT2D eigenvalue weighted by atomic mass is 9.86. The first kappa shape index (κ1) is 28.0. The quantitative estimate of drug-likeness (QED) is 0.219. The molecule has 0 spiro atoms. The minimum atomic E-state index is -4.40. The van der Waals surface area contributed by atoms with Gasteiger partial charge in [0.05, 0.1) is 21.6 Å². The van der Waals surface area contributed by atoms with Gasteiger partial charge < -0.3 is 9.67 Å². The van der Waals surface area contributed by atoms with Crippen molar-refractivity contribution in [3.05, 3.63) is 94.7 Å². The molecule has 1 N–H and O–H groups in total. The molecule has 10 heteroatoms. The van der Waals surface area contributed by atoms with Gasteiger partial charge >= 0.3 is 5.97 Å². The summed E-state index contributed by atoms with van der Waals surface area (Å²) in [5, 5.41) is 12.2. The zero-order valence-electron chi connectivity index (χ0n) is 22.3. The first-order valence-corrected chi connectivity index (χ1v) is 14.7. The van der Waals surface area contributed by atoms with Gasteiger partial charge in [-0.3, -0.25) is 9.29 Å². The van der Waals surface area contributed by atoms with Gasteiger partial charge in [-0.2, -0.15) is 0 Å². The fraction of sp³-hybridized carbons (Fsp3) is 0.200. The molecule has 0 saturated carbocycles. The molecular formula is C30H27Cl2N3O4S. The van der Waals surface area contributed by atoms with Gasteiger partial charge in [-0.1, -0.05) is 50.0 Å². The van der Waals surface area contributed by atoms with Crippen molar-refractivity contribution < 1.29 is 18.3 Å². The number of carbonyl (C=O) groups is 1. The molecule has 0 amide bonds. The van der Waals surface area contributed by atoms with E-state index in [1.807, 2.05) is 54.1 Å². The third-order valence-corrected chi connectivity index (χ3v) is 8.91. The van der Waals surface area contributed by atoms with Crippen LogP contribution in [0.25, 0.3) is 27.5 Å². The molecule has 7 nitrogen and oxygen atoms in total. The Balaban J connectivity index is 1.67. The van der Waals surface area contributed by atoms with Crippen LogP contribution in [0.15, 0.2) is 83.9 Å². The fourth-order valence-electron chi connectivity index (χ4n) is 4.90. The van der Waals surface area contributed by atoms with Crippen molar-refractivity contribution in [3.8, 4) is 5.69 Å². The third kappa shape index (κ3) is 5.14. The topological polar surface area (TPSA) is 92.5 Å². The summed E-state index contributed by atoms with van der Waals surface area (Å²) in [6.45, 7) is 7.00. The Labute approximate surface area is 242 Å². The van der Waals surface area contributed by atoms with Crippen LogP contribution in [0.1, 0.15) is 26.5 Å². The van der Waals surface area contributed by atoms with E-state index in [1.54, 1.807) is 39.0 Å². The molecule has 2 aromatic heterocycles. The number of rotatable bonds is 6. The molecule has 2 heterocycles. The highest BCUT2D eigenvalue weighted by atomic mass is 35.5. The van der Waals surface area contributed by atoms with Crippen LogP contribution in [0, 0.1) is 12.3 Å². The van der Waals surface area contributed by atoms with E-state index in [-0.39, 0.29) is 20.6 Å². The van der Waals surface area contributed by atoms with E-state index in [0.717, 1.165) is 37.5 Å². The molecule has 0 saturated heterocycles. The average molecular weight is 597 g/mol. The Morgan fingerprint density at radius 2 is 1.62 bits per heavy atom. The second kappa shape index (κ2) is 10.1. The Hall–Kier alpha value is -3.59. The molecule has 5 aromatic rings. The second-order valence-corrected chi connectivity index (χ2v) is 13.5. The number of sulfonamides is 1. The second-order valence-electron chi connectivity index (χ2n) is 10.8. The Morgan fingerprint density at radius 3 is 2.27 bits per heavy atom. The summed E-state index contributed by atoms with van der Waals surface area (Å²) >= 11 is 12.3. The summed E-state index contributed by atoms with van der Waals surface area (Å²) in [4.78, 5) is 17.0. The Morgan fingerprint density at radius 1 is 0.925 bits per heavy atom. The van der Waals surface area contributed by atoms with E-state index in [1.165, 1.54) is 18.2 Å². The van der Waals surface area contributed by atoms with Crippen LogP contribution in [-0.4, -0.2) is 35.1 Å². The van der Waals surface area contributed by atoms with Crippen LogP contribution in [-0.2, 0) is 14.8 Å². The number of halogens is 2. The van der Waals surface area contributed by atoms with Gasteiger partial charge in [0.2, 0.25) is 0 Å². The summed E-state index contributed by atoms with van der Waals surface area (Å²) in [7, 11) is -4.40. The number of nitrogens with zero attached hydrogens (tertiary/aromatic N) is 3. The number of hydrogen-bond donors (Lipinski definition) is 1. The normalized spacial score (nSPS) is 13.1. The number of pyridine rings is 1. The van der Waals surface area contributed by atoms with Crippen molar-refractivity contribution in [3.63, 3.8) is 0 Å². The van der Waals surface area contributed by atoms with Crippen LogP contribution >= 0.6 is 23.2 Å². The Kier molecular flexibility index (Phi) is 7.06. The number of carboxylic acid groups (broad SMARTS) is 1. The first-order valence-electron chi connectivity index (χ1n) is 12.5. The highest BCUT2D eigenvalue weighted by Gasteiger charge is 2.43. The van der Waals surface area contributed by atoms with Gasteiger partial charge in [-0.25, -0.2) is 13.2 Å². The summed E-state index contributed by atoms with van der Waals surface area (Å²) in [5.74, 6) is -1.28. The number of carboxylic acids is 1. The number of aromatic nitrogens is 2. The number of aliphatic carboxylic acids is 1. The monoisotopic (exact) mass is 595 g/mol. The molecule has 1 atom stereocenters. The van der Waals surface area contributed by atoms with Gasteiger partial charge in [0.15, 0.2) is 0 Å². The standard InChI is InChI=1S/C30H27Cl2N3O4S/c1-18-5-6-19-13-23(7-9-26(19)33-18)34-12-11-20-14-24(8-10-27(20)34)35(28(29(36)37)30(2,3)4)40(38,39)25-16-21(31)15-22(32)17-25/h5-17,28H,1-4H3,(H,36,37). The summed E-state index contributed by atoms with van der Waals surface area (Å²) in [5.41, 5.74) is 2.83. The predicted molar refractivity (Wildman–Crippen MR) is 160 cm³/mol. The van der Waals surface area contributed by atoms with Gasteiger partial charge in [-0.15, -0.1) is 0 Å². The number of benzene rings is 3. The lowest BCUT2D eigenvalue weighted by Crippen LogP contribution is -2.52. The third-order valence-electron chi connectivity index (χ3n) is 6.70. The molecule has 206 valence electrons. The number of hydrogen-bond acceptors (Lipinski definition) is 4. The van der Waals surface area contributed by atoms with E-state index in [2.05, 4.69) is 4.98 Å². The van der Waals surface area contributed by atoms with Crippen LogP contribution in [0.4, 0.5) is 5.69 Å². The lowest BCUT2D eigenvalue weighted by molar-refractivity contribution is -0.140. The highest BCUT2D eigenvalue weighted by molar-refractivity contribution is 7.93. The minimum Gasteiger partial charge on any atom is -0.480 e. The number of aryl methyl sites for hydroxylation is 1. The minimum absolute atomic E-state index is 0.127. The zero-order chi connectivity index (χ0) is 29.0. The predicted octanol–water partition coefficient (Wildman–Crippen LogP) is 7.49. The molecule has 3 aromatic carbocycles. The molecule has 0 aliphatic heterocycles. The maximum atomic E-state index is 14.1. The van der Waals surface area contributed by atoms with Gasteiger partial charge in [0, 0.05) is 38.4 Å². The molecule has 40 heavy (non-hydrogen) atoms. The summed E-state index contributed by atoms with van der Waals surface area (Å²) in [6, 6.07) is 19.4. The van der Waals surface area contributed by atoms with Crippen LogP contribution in [0.3, 0.4) is 0 Å². The van der Waals surface area contributed by atoms with E-state index < -0.39 is 27.4 Å². The molecule has 0 bridgehead atoms. The van der Waals surface area contributed by atoms with Crippen molar-refractivity contribution in [2.24, 2.45) is 5.41 Å². The van der Waals surface area contributed by atoms with Crippen molar-refractivity contribution in [2.75, 3.05) is 4.31 Å². The molecular weight excluding hydrogens is 569 g/mol. The van der Waals surface area contributed by atoms with Gasteiger partial charge in [0.1, 0.15) is 6.04 Å².